The van der Waals surface area contributed by atoms with Crippen LogP contribution < -0.4 is 15.0 Å². The molecule has 0 saturated carbocycles. The highest BCUT2D eigenvalue weighted by Gasteiger charge is 2.20. The smallest absolute Gasteiger partial charge is 0.266 e. The molecule has 4 rings (SSSR count). The molecule has 0 atom stereocenters. The number of thiol groups is 1. The third-order valence-electron chi connectivity index (χ3n) is 4.60. The molecule has 2 heterocycles. The maximum Gasteiger partial charge on any atom is 0.266 e. The number of fused-ring (bicyclic) bond motifs is 1. The molecular weight excluding hydrogens is 387 g/mol. The van der Waals surface area contributed by atoms with Gasteiger partial charge in [-0.25, -0.2) is 8.79 Å². The molecule has 4 aromatic rings. The van der Waals surface area contributed by atoms with Crippen molar-refractivity contribution in [3.05, 3.63) is 84.3 Å². The number of anilines is 2. The molecule has 5 nitrogen and oxygen atoms in total. The molecule has 29 heavy (non-hydrogen) atoms. The van der Waals surface area contributed by atoms with Crippen LogP contribution in [-0.4, -0.2) is 16.6 Å². The standard InChI is InChI=1S/C22H19FN4OS/c23-18-6-2-1-5-16(18)13-24-22-21(26-19-7-3-4-12-27(19)22)15-8-10-17(11-9-15)25-20(28)14-29/h1-12,24H,13-14H2,(H2,25,28,29)/p+1. The van der Waals surface area contributed by atoms with Crippen LogP contribution in [0.5, 0.6) is 0 Å². The minimum absolute atomic E-state index is 0.129. The lowest BCUT2D eigenvalue weighted by atomic mass is 10.1. The molecule has 3 N–H and O–H groups in total. The number of aromatic nitrogens is 2. The number of pyridine rings is 1. The van der Waals surface area contributed by atoms with Gasteiger partial charge in [0.2, 0.25) is 11.6 Å². The normalized spacial score (nSPS) is 10.8. The summed E-state index contributed by atoms with van der Waals surface area (Å²) in [6, 6.07) is 20.1. The fourth-order valence-electron chi connectivity index (χ4n) is 3.17. The first kappa shape index (κ1) is 19.0. The molecule has 0 aliphatic rings. The van der Waals surface area contributed by atoms with Gasteiger partial charge in [-0.2, -0.15) is 12.6 Å². The van der Waals surface area contributed by atoms with Crippen LogP contribution in [0.1, 0.15) is 5.56 Å². The van der Waals surface area contributed by atoms with Crippen molar-refractivity contribution in [2.45, 2.75) is 6.54 Å². The van der Waals surface area contributed by atoms with E-state index in [4.69, 9.17) is 0 Å². The Morgan fingerprint density at radius 1 is 1.03 bits per heavy atom. The van der Waals surface area contributed by atoms with Crippen LogP contribution in [0.3, 0.4) is 0 Å². The van der Waals surface area contributed by atoms with Gasteiger partial charge in [0, 0.05) is 22.9 Å². The van der Waals surface area contributed by atoms with Gasteiger partial charge in [-0.3, -0.25) is 15.1 Å². The van der Waals surface area contributed by atoms with Gasteiger partial charge in [-0.15, -0.1) is 0 Å². The van der Waals surface area contributed by atoms with E-state index in [1.54, 1.807) is 12.1 Å². The first-order chi connectivity index (χ1) is 14.2. The average Bonchev–Trinajstić information content (AvgIpc) is 3.12. The van der Waals surface area contributed by atoms with Crippen molar-refractivity contribution in [2.24, 2.45) is 0 Å². The van der Waals surface area contributed by atoms with Gasteiger partial charge in [-0.1, -0.05) is 24.3 Å². The van der Waals surface area contributed by atoms with Crippen molar-refractivity contribution in [1.29, 1.82) is 0 Å². The van der Waals surface area contributed by atoms with E-state index in [2.05, 4.69) is 28.2 Å². The second-order valence-electron chi connectivity index (χ2n) is 6.53. The summed E-state index contributed by atoms with van der Waals surface area (Å²) < 4.78 is 16.0. The summed E-state index contributed by atoms with van der Waals surface area (Å²) in [5, 5.41) is 6.14. The minimum atomic E-state index is -0.240. The number of halogens is 1. The lowest BCUT2D eigenvalue weighted by Crippen LogP contribution is -2.23. The Bertz CT molecular complexity index is 1160. The predicted octanol–water partition coefficient (Wildman–Crippen LogP) is 4.04. The molecule has 0 aliphatic heterocycles. The van der Waals surface area contributed by atoms with Gasteiger partial charge in [0.05, 0.1) is 18.5 Å². The van der Waals surface area contributed by atoms with Crippen molar-refractivity contribution >= 4 is 35.7 Å². The van der Waals surface area contributed by atoms with Crippen LogP contribution in [0.2, 0.25) is 0 Å². The van der Waals surface area contributed by atoms with Gasteiger partial charge in [-0.05, 0) is 36.4 Å². The molecule has 0 fully saturated rings. The van der Waals surface area contributed by atoms with E-state index >= 15 is 0 Å². The first-order valence-corrected chi connectivity index (χ1v) is 9.80. The highest BCUT2D eigenvalue weighted by molar-refractivity contribution is 7.81. The maximum atomic E-state index is 14.0. The molecule has 2 aromatic carbocycles. The highest BCUT2D eigenvalue weighted by atomic mass is 32.1. The molecular formula is C22H20FN4OS+. The van der Waals surface area contributed by atoms with E-state index in [-0.39, 0.29) is 17.5 Å². The molecule has 7 heteroatoms. The lowest BCUT2D eigenvalue weighted by Gasteiger charge is -2.06. The lowest BCUT2D eigenvalue weighted by molar-refractivity contribution is -0.494. The van der Waals surface area contributed by atoms with Crippen molar-refractivity contribution < 1.29 is 13.6 Å². The summed E-state index contributed by atoms with van der Waals surface area (Å²) in [7, 11) is 0. The van der Waals surface area contributed by atoms with E-state index in [9.17, 15) is 9.18 Å². The molecule has 0 radical (unpaired) electrons. The monoisotopic (exact) mass is 407 g/mol. The van der Waals surface area contributed by atoms with Crippen LogP contribution in [0.25, 0.3) is 16.9 Å². The number of benzene rings is 2. The first-order valence-electron chi connectivity index (χ1n) is 9.16. The van der Waals surface area contributed by atoms with Gasteiger partial charge in [0.1, 0.15) is 5.82 Å². The molecule has 0 spiro atoms. The number of rotatable bonds is 6. The number of H-pyrrole nitrogens is 1. The fourth-order valence-corrected chi connectivity index (χ4v) is 3.25. The summed E-state index contributed by atoms with van der Waals surface area (Å²) in [6.07, 6.45) is 1.94. The molecule has 0 saturated heterocycles. The zero-order chi connectivity index (χ0) is 20.2. The van der Waals surface area contributed by atoms with Crippen LogP contribution in [0.15, 0.2) is 72.9 Å². The maximum absolute atomic E-state index is 14.0. The van der Waals surface area contributed by atoms with E-state index in [1.165, 1.54) is 6.07 Å². The van der Waals surface area contributed by atoms with Gasteiger partial charge < -0.3 is 5.32 Å². The van der Waals surface area contributed by atoms with E-state index in [0.717, 1.165) is 22.7 Å². The van der Waals surface area contributed by atoms with Crippen LogP contribution in [0.4, 0.5) is 15.9 Å². The molecule has 1 amide bonds. The summed E-state index contributed by atoms with van der Waals surface area (Å²) in [5.74, 6) is 0.561. The molecule has 146 valence electrons. The second-order valence-corrected chi connectivity index (χ2v) is 6.85. The number of hydrogen-bond acceptors (Lipinski definition) is 3. The molecule has 0 aliphatic carbocycles. The number of nitrogens with zero attached hydrogens (tertiary/aromatic N) is 1. The summed E-state index contributed by atoms with van der Waals surface area (Å²) in [6.45, 7) is 0.352. The van der Waals surface area contributed by atoms with Gasteiger partial charge >= 0.3 is 0 Å². The highest BCUT2D eigenvalue weighted by Crippen LogP contribution is 2.27. The number of carbonyl (C=O) groups is 1. The Kier molecular flexibility index (Phi) is 5.48. The number of nitrogens with one attached hydrogen (secondary N) is 3. The van der Waals surface area contributed by atoms with Crippen molar-refractivity contribution in [1.82, 2.24) is 4.98 Å². The van der Waals surface area contributed by atoms with E-state index < -0.39 is 0 Å². The zero-order valence-electron chi connectivity index (χ0n) is 15.5. The van der Waals surface area contributed by atoms with E-state index in [0.29, 0.717) is 17.8 Å². The SMILES string of the molecule is O=C(CS)Nc1ccc(-c2[nH]c3cccc[n+]3c2NCc2ccccc2F)cc1. The second kappa shape index (κ2) is 8.36. The molecule has 0 unspecified atom stereocenters. The molecule has 2 aromatic heterocycles. The number of hydrogen-bond donors (Lipinski definition) is 4. The third kappa shape index (κ3) is 4.09. The Morgan fingerprint density at radius 3 is 2.55 bits per heavy atom. The quantitative estimate of drug-likeness (QED) is 0.288. The largest absolute Gasteiger partial charge is 0.325 e. The van der Waals surface area contributed by atoms with Gasteiger partial charge in [0.25, 0.3) is 5.82 Å². The number of aromatic amines is 1. The third-order valence-corrected chi connectivity index (χ3v) is 4.88. The van der Waals surface area contributed by atoms with Crippen LogP contribution in [0, 0.1) is 5.82 Å². The Labute approximate surface area is 173 Å². The van der Waals surface area contributed by atoms with Crippen molar-refractivity contribution in [3.63, 3.8) is 0 Å². The Balaban J connectivity index is 1.68. The fraction of sp³-hybridized carbons (Fsp3) is 0.0909. The average molecular weight is 407 g/mol. The number of amides is 1. The van der Waals surface area contributed by atoms with Gasteiger partial charge in [0.15, 0.2) is 5.69 Å². The van der Waals surface area contributed by atoms with Crippen molar-refractivity contribution in [2.75, 3.05) is 16.4 Å². The zero-order valence-corrected chi connectivity index (χ0v) is 16.4. The topological polar surface area (TPSA) is 61.0 Å². The summed E-state index contributed by atoms with van der Waals surface area (Å²) in [5.41, 5.74) is 4.02. The number of carbonyl (C=O) groups excluding carboxylic acids is 1. The minimum Gasteiger partial charge on any atom is -0.325 e. The van der Waals surface area contributed by atoms with Crippen LogP contribution >= 0.6 is 12.6 Å². The predicted molar refractivity (Wildman–Crippen MR) is 116 cm³/mol. The van der Waals surface area contributed by atoms with Crippen molar-refractivity contribution in [3.8, 4) is 11.3 Å². The van der Waals surface area contributed by atoms with Crippen LogP contribution in [-0.2, 0) is 11.3 Å². The Morgan fingerprint density at radius 2 is 1.79 bits per heavy atom. The van der Waals surface area contributed by atoms with E-state index in [1.807, 2.05) is 59.1 Å². The summed E-state index contributed by atoms with van der Waals surface area (Å²) in [4.78, 5) is 14.9. The Hall–Kier alpha value is -3.32. The summed E-state index contributed by atoms with van der Waals surface area (Å²) >= 11 is 3.97. The number of imidazole rings is 1. The molecule has 0 bridgehead atoms.